The summed E-state index contributed by atoms with van der Waals surface area (Å²) in [6.45, 7) is 2.62. The Morgan fingerprint density at radius 1 is 0.959 bits per heavy atom. The number of rotatable bonds is 12. The van der Waals surface area contributed by atoms with Crippen molar-refractivity contribution in [1.82, 2.24) is 9.88 Å². The second kappa shape index (κ2) is 14.7. The van der Waals surface area contributed by atoms with Gasteiger partial charge in [0, 0.05) is 47.9 Å². The van der Waals surface area contributed by atoms with E-state index < -0.39 is 9.85 Å². The number of thioether (sulfide) groups is 1. The number of nitro benzene ring substituents is 2. The lowest BCUT2D eigenvalue weighted by Gasteiger charge is -2.15. The van der Waals surface area contributed by atoms with E-state index >= 15 is 0 Å². The third-order valence-corrected chi connectivity index (χ3v) is 9.18. The quantitative estimate of drug-likeness (QED) is 0.0758. The molecule has 1 fully saturated rings. The number of aromatic amines is 1. The van der Waals surface area contributed by atoms with Crippen molar-refractivity contribution in [2.75, 3.05) is 13.2 Å². The van der Waals surface area contributed by atoms with Crippen LogP contribution in [0.1, 0.15) is 23.6 Å². The number of amides is 1. The highest BCUT2D eigenvalue weighted by Crippen LogP contribution is 2.40. The van der Waals surface area contributed by atoms with Gasteiger partial charge in [0.05, 0.1) is 31.5 Å². The summed E-state index contributed by atoms with van der Waals surface area (Å²) in [4.78, 5) is 45.4. The number of hydrogen-bond donors (Lipinski definition) is 1. The number of nitro groups is 2. The first-order valence-electron chi connectivity index (χ1n) is 15.1. The molecule has 0 spiro atoms. The maximum atomic E-state index is 13.9. The average molecular weight is 743 g/mol. The minimum atomic E-state index is -0.474. The Balaban J connectivity index is 1.29. The molecule has 0 aliphatic carbocycles. The minimum absolute atomic E-state index is 0.0297. The number of carbonyl (C=O) groups excluding carboxylic acids is 1. The number of benzene rings is 4. The van der Waals surface area contributed by atoms with Gasteiger partial charge in [0.2, 0.25) is 0 Å². The maximum Gasteiger partial charge on any atom is 0.269 e. The van der Waals surface area contributed by atoms with E-state index in [-0.39, 0.29) is 23.9 Å². The van der Waals surface area contributed by atoms with Gasteiger partial charge in [-0.15, -0.1) is 0 Å². The normalized spacial score (nSPS) is 14.6. The molecule has 1 N–H and O–H groups in total. The molecular formula is C35H28BrN5O7S. The fourth-order valence-corrected chi connectivity index (χ4v) is 6.86. The number of nitrogens with one attached hydrogen (secondary N) is 1. The van der Waals surface area contributed by atoms with E-state index in [4.69, 9.17) is 14.5 Å². The summed E-state index contributed by atoms with van der Waals surface area (Å²) >= 11 is 4.79. The van der Waals surface area contributed by atoms with Crippen LogP contribution in [0.4, 0.5) is 17.1 Å². The number of para-hydroxylation sites is 1. The van der Waals surface area contributed by atoms with Gasteiger partial charge in [0.25, 0.3) is 17.3 Å². The number of H-pyrrole nitrogens is 1. The van der Waals surface area contributed by atoms with E-state index in [0.717, 1.165) is 16.5 Å². The highest BCUT2D eigenvalue weighted by Gasteiger charge is 2.33. The number of aromatic nitrogens is 1. The Morgan fingerprint density at radius 3 is 2.49 bits per heavy atom. The van der Waals surface area contributed by atoms with Crippen LogP contribution in [0.3, 0.4) is 0 Å². The van der Waals surface area contributed by atoms with Crippen molar-refractivity contribution < 1.29 is 24.1 Å². The second-order valence-electron chi connectivity index (χ2n) is 10.8. The lowest BCUT2D eigenvalue weighted by Crippen LogP contribution is -2.31. The molecule has 248 valence electrons. The Hall–Kier alpha value is -5.47. The molecule has 6 rings (SSSR count). The van der Waals surface area contributed by atoms with Crippen LogP contribution in [0, 0.1) is 20.2 Å². The summed E-state index contributed by atoms with van der Waals surface area (Å²) in [7, 11) is 0. The number of halogens is 1. The van der Waals surface area contributed by atoms with Crippen LogP contribution < -0.4 is 9.47 Å². The first-order chi connectivity index (χ1) is 23.7. The molecule has 4 aromatic carbocycles. The number of hydrogen-bond acceptors (Lipinski definition) is 9. The van der Waals surface area contributed by atoms with Crippen LogP contribution in [0.2, 0.25) is 0 Å². The topological polar surface area (TPSA) is 153 Å². The molecule has 1 aliphatic rings. The lowest BCUT2D eigenvalue weighted by molar-refractivity contribution is -0.385. The largest absolute Gasteiger partial charge is 0.490 e. The number of nitrogens with zero attached hydrogens (tertiary/aromatic N) is 4. The van der Waals surface area contributed by atoms with Gasteiger partial charge in [0.1, 0.15) is 6.61 Å². The van der Waals surface area contributed by atoms with Gasteiger partial charge in [-0.2, -0.15) is 0 Å². The van der Waals surface area contributed by atoms with Crippen molar-refractivity contribution in [2.24, 2.45) is 4.99 Å². The van der Waals surface area contributed by atoms with Crippen molar-refractivity contribution in [3.05, 3.63) is 137 Å². The van der Waals surface area contributed by atoms with Crippen molar-refractivity contribution in [1.29, 1.82) is 0 Å². The molecular weight excluding hydrogens is 714 g/mol. The molecule has 1 aromatic heterocycles. The van der Waals surface area contributed by atoms with Crippen LogP contribution in [0.15, 0.2) is 105 Å². The van der Waals surface area contributed by atoms with Crippen LogP contribution in [-0.2, 0) is 17.8 Å². The van der Waals surface area contributed by atoms with Crippen molar-refractivity contribution in [3.63, 3.8) is 0 Å². The summed E-state index contributed by atoms with van der Waals surface area (Å²) in [5, 5.41) is 23.9. The zero-order chi connectivity index (χ0) is 34.5. The van der Waals surface area contributed by atoms with Crippen LogP contribution in [-0.4, -0.2) is 44.0 Å². The first kappa shape index (κ1) is 33.4. The van der Waals surface area contributed by atoms with Crippen molar-refractivity contribution in [2.45, 2.75) is 20.0 Å². The van der Waals surface area contributed by atoms with Crippen LogP contribution in [0.25, 0.3) is 17.0 Å². The fraction of sp³-hybridized carbons (Fsp3) is 0.143. The summed E-state index contributed by atoms with van der Waals surface area (Å²) in [6, 6.07) is 23.6. The van der Waals surface area contributed by atoms with Gasteiger partial charge in [-0.05, 0) is 94.1 Å². The van der Waals surface area contributed by atoms with E-state index in [2.05, 4.69) is 20.9 Å². The van der Waals surface area contributed by atoms with E-state index in [1.54, 1.807) is 47.4 Å². The molecule has 14 heteroatoms. The highest BCUT2D eigenvalue weighted by molar-refractivity contribution is 9.10. The molecule has 0 bridgehead atoms. The van der Waals surface area contributed by atoms with Crippen LogP contribution in [0.5, 0.6) is 11.5 Å². The molecule has 49 heavy (non-hydrogen) atoms. The monoisotopic (exact) mass is 741 g/mol. The fourth-order valence-electron chi connectivity index (χ4n) is 5.26. The third-order valence-electron chi connectivity index (χ3n) is 7.59. The highest BCUT2D eigenvalue weighted by atomic mass is 79.9. The van der Waals surface area contributed by atoms with Gasteiger partial charge in [-0.25, -0.2) is 4.99 Å². The average Bonchev–Trinajstić information content (AvgIpc) is 3.63. The number of carbonyl (C=O) groups is 1. The molecule has 0 radical (unpaired) electrons. The van der Waals surface area contributed by atoms with Crippen LogP contribution >= 0.6 is 27.7 Å². The molecule has 12 nitrogen and oxygen atoms in total. The second-order valence-corrected chi connectivity index (χ2v) is 12.7. The molecule has 0 unspecified atom stereocenters. The Kier molecular flexibility index (Phi) is 10.1. The Morgan fingerprint density at radius 2 is 1.73 bits per heavy atom. The number of amidine groups is 1. The number of non-ortho nitro benzene ring substituents is 2. The van der Waals surface area contributed by atoms with Gasteiger partial charge < -0.3 is 14.5 Å². The van der Waals surface area contributed by atoms with E-state index in [1.807, 2.05) is 37.4 Å². The third kappa shape index (κ3) is 7.66. The van der Waals surface area contributed by atoms with Crippen molar-refractivity contribution >= 4 is 72.8 Å². The molecule has 1 saturated heterocycles. The van der Waals surface area contributed by atoms with E-state index in [0.29, 0.717) is 62.4 Å². The summed E-state index contributed by atoms with van der Waals surface area (Å²) in [6.07, 6.45) is 4.26. The van der Waals surface area contributed by atoms with Gasteiger partial charge in [-0.3, -0.25) is 29.9 Å². The molecule has 1 amide bonds. The predicted molar refractivity (Wildman–Crippen MR) is 192 cm³/mol. The molecule has 0 atom stereocenters. The number of fused-ring (bicyclic) bond motifs is 1. The zero-order valence-corrected chi connectivity index (χ0v) is 28.4. The lowest BCUT2D eigenvalue weighted by atomic mass is 10.1. The maximum absolute atomic E-state index is 13.9. The van der Waals surface area contributed by atoms with Gasteiger partial charge in [-0.1, -0.05) is 30.3 Å². The standard InChI is InChI=1S/C35H28BrN5O7S/c1-2-47-31-18-23(17-29(36)33(31)48-21-22-6-5-7-27(16-22)41(45)46)19-32-34(42)39(15-14-24-20-37-30-9-4-3-8-28(24)30)35(49-32)38-25-10-12-26(13-11-25)40(43)44/h3-13,16-20,37H,2,14-15,21H2,1H3/b32-19-,38-35?. The first-order valence-corrected chi connectivity index (χ1v) is 16.7. The van der Waals surface area contributed by atoms with E-state index in [9.17, 15) is 25.0 Å². The zero-order valence-electron chi connectivity index (χ0n) is 26.0. The predicted octanol–water partition coefficient (Wildman–Crippen LogP) is 8.57. The van der Waals surface area contributed by atoms with Gasteiger partial charge >= 0.3 is 0 Å². The molecule has 1 aliphatic heterocycles. The van der Waals surface area contributed by atoms with Gasteiger partial charge in [0.15, 0.2) is 16.7 Å². The Labute approximate surface area is 292 Å². The number of ether oxygens (including phenoxy) is 2. The Bertz CT molecular complexity index is 2130. The summed E-state index contributed by atoms with van der Waals surface area (Å²) < 4.78 is 12.5. The smallest absolute Gasteiger partial charge is 0.269 e. The van der Waals surface area contributed by atoms with Crippen molar-refractivity contribution in [3.8, 4) is 11.5 Å². The molecule has 0 saturated carbocycles. The van der Waals surface area contributed by atoms with E-state index in [1.165, 1.54) is 36.0 Å². The minimum Gasteiger partial charge on any atom is -0.490 e. The summed E-state index contributed by atoms with van der Waals surface area (Å²) in [5.74, 6) is 0.618. The summed E-state index contributed by atoms with van der Waals surface area (Å²) in [5.41, 5.74) is 3.75. The SMILES string of the molecule is CCOc1cc(/C=C2\SC(=Nc3ccc([N+](=O)[O-])cc3)N(CCc3c[nH]c4ccccc34)C2=O)cc(Br)c1OCc1cccc([N+](=O)[O-])c1. The molecule has 5 aromatic rings. The number of aliphatic imine (C=N–C) groups is 1. The molecule has 2 heterocycles.